The summed E-state index contributed by atoms with van der Waals surface area (Å²) in [6, 6.07) is 0. The van der Waals surface area contributed by atoms with Crippen LogP contribution < -0.4 is 11.1 Å². The molecule has 12 heavy (non-hydrogen) atoms. The quantitative estimate of drug-likeness (QED) is 0.616. The number of nitrogens with one attached hydrogen (secondary N) is 1. The Morgan fingerprint density at radius 1 is 1.25 bits per heavy atom. The Balaban J connectivity index is 2.05. The normalized spacial score (nSPS) is 21.5. The van der Waals surface area contributed by atoms with E-state index in [1.807, 2.05) is 0 Å². The molecule has 1 fully saturated rings. The van der Waals surface area contributed by atoms with Gasteiger partial charge in [-0.2, -0.15) is 0 Å². The number of hydrogen-bond acceptors (Lipinski definition) is 2. The van der Waals surface area contributed by atoms with Crippen LogP contribution in [0.2, 0.25) is 0 Å². The van der Waals surface area contributed by atoms with Crippen molar-refractivity contribution in [3.05, 3.63) is 0 Å². The summed E-state index contributed by atoms with van der Waals surface area (Å²) in [6.07, 6.45) is 7.90. The lowest BCUT2D eigenvalue weighted by molar-refractivity contribution is 0.361. The molecular weight excluding hydrogens is 148 g/mol. The molecule has 0 bridgehead atoms. The molecule has 2 heteroatoms. The molecule has 1 aliphatic carbocycles. The lowest BCUT2D eigenvalue weighted by Crippen LogP contribution is -2.40. The van der Waals surface area contributed by atoms with Crippen molar-refractivity contribution in [3.63, 3.8) is 0 Å². The van der Waals surface area contributed by atoms with Crippen molar-refractivity contribution in [2.45, 2.75) is 51.0 Å². The summed E-state index contributed by atoms with van der Waals surface area (Å²) in [5, 5.41) is 3.64. The first kappa shape index (κ1) is 10.0. The third kappa shape index (κ3) is 3.11. The SMILES string of the molecule is CC1(NCCCCN)CCCC1. The Morgan fingerprint density at radius 3 is 2.50 bits per heavy atom. The van der Waals surface area contributed by atoms with Crippen LogP contribution in [-0.2, 0) is 0 Å². The van der Waals surface area contributed by atoms with E-state index >= 15 is 0 Å². The topological polar surface area (TPSA) is 38.0 Å². The van der Waals surface area contributed by atoms with Gasteiger partial charge in [0, 0.05) is 5.54 Å². The third-order valence-electron chi connectivity index (χ3n) is 2.89. The van der Waals surface area contributed by atoms with Crippen LogP contribution in [0.4, 0.5) is 0 Å². The summed E-state index contributed by atoms with van der Waals surface area (Å²) >= 11 is 0. The van der Waals surface area contributed by atoms with Gasteiger partial charge >= 0.3 is 0 Å². The van der Waals surface area contributed by atoms with Gasteiger partial charge < -0.3 is 11.1 Å². The maximum Gasteiger partial charge on any atom is 0.0153 e. The van der Waals surface area contributed by atoms with Crippen molar-refractivity contribution in [3.8, 4) is 0 Å². The molecule has 2 nitrogen and oxygen atoms in total. The highest BCUT2D eigenvalue weighted by atomic mass is 15.0. The largest absolute Gasteiger partial charge is 0.330 e. The smallest absolute Gasteiger partial charge is 0.0153 e. The Kier molecular flexibility index (Phi) is 4.02. The maximum atomic E-state index is 5.43. The molecule has 0 amide bonds. The van der Waals surface area contributed by atoms with Gasteiger partial charge in [-0.05, 0) is 45.7 Å². The molecule has 1 aliphatic rings. The first-order valence-corrected chi connectivity index (χ1v) is 5.22. The number of nitrogens with two attached hydrogens (primary N) is 1. The van der Waals surface area contributed by atoms with E-state index in [4.69, 9.17) is 5.73 Å². The fourth-order valence-electron chi connectivity index (χ4n) is 1.99. The molecule has 0 saturated heterocycles. The zero-order valence-corrected chi connectivity index (χ0v) is 8.23. The van der Waals surface area contributed by atoms with Gasteiger partial charge in [-0.1, -0.05) is 12.8 Å². The Labute approximate surface area is 75.9 Å². The van der Waals surface area contributed by atoms with E-state index in [-0.39, 0.29) is 0 Å². The fourth-order valence-corrected chi connectivity index (χ4v) is 1.99. The van der Waals surface area contributed by atoms with Gasteiger partial charge in [0.05, 0.1) is 0 Å². The van der Waals surface area contributed by atoms with Crippen LogP contribution >= 0.6 is 0 Å². The average Bonchev–Trinajstić information content (AvgIpc) is 2.47. The van der Waals surface area contributed by atoms with Gasteiger partial charge in [0.15, 0.2) is 0 Å². The molecule has 0 aliphatic heterocycles. The van der Waals surface area contributed by atoms with Crippen LogP contribution in [0.3, 0.4) is 0 Å². The minimum atomic E-state index is 0.453. The molecule has 72 valence electrons. The van der Waals surface area contributed by atoms with Gasteiger partial charge in [-0.15, -0.1) is 0 Å². The predicted octanol–water partition coefficient (Wildman–Crippen LogP) is 1.65. The molecule has 0 aromatic carbocycles. The van der Waals surface area contributed by atoms with E-state index in [1.54, 1.807) is 0 Å². The number of hydrogen-bond donors (Lipinski definition) is 2. The fraction of sp³-hybridized carbons (Fsp3) is 1.00. The standard InChI is InChI=1S/C10H22N2/c1-10(6-2-3-7-10)12-9-5-4-8-11/h12H,2-9,11H2,1H3. The summed E-state index contributed by atoms with van der Waals surface area (Å²) in [7, 11) is 0. The Morgan fingerprint density at radius 2 is 1.92 bits per heavy atom. The monoisotopic (exact) mass is 170 g/mol. The molecule has 0 aromatic heterocycles. The minimum absolute atomic E-state index is 0.453. The summed E-state index contributed by atoms with van der Waals surface area (Å²) in [5.41, 5.74) is 5.88. The van der Waals surface area contributed by atoms with E-state index in [9.17, 15) is 0 Å². The van der Waals surface area contributed by atoms with Crippen LogP contribution in [0.1, 0.15) is 45.4 Å². The lowest BCUT2D eigenvalue weighted by Gasteiger charge is -2.25. The predicted molar refractivity (Wildman–Crippen MR) is 53.2 cm³/mol. The van der Waals surface area contributed by atoms with Crippen molar-refractivity contribution in [1.82, 2.24) is 5.32 Å². The van der Waals surface area contributed by atoms with E-state index in [0.717, 1.165) is 19.5 Å². The van der Waals surface area contributed by atoms with Crippen molar-refractivity contribution in [2.75, 3.05) is 13.1 Å². The van der Waals surface area contributed by atoms with Crippen molar-refractivity contribution in [2.24, 2.45) is 5.73 Å². The second kappa shape index (κ2) is 4.83. The van der Waals surface area contributed by atoms with Crippen molar-refractivity contribution < 1.29 is 0 Å². The highest BCUT2D eigenvalue weighted by molar-refractivity contribution is 4.87. The van der Waals surface area contributed by atoms with Crippen molar-refractivity contribution in [1.29, 1.82) is 0 Å². The van der Waals surface area contributed by atoms with Crippen LogP contribution in [0, 0.1) is 0 Å². The highest BCUT2D eigenvalue weighted by Gasteiger charge is 2.26. The maximum absolute atomic E-state index is 5.43. The van der Waals surface area contributed by atoms with E-state index in [0.29, 0.717) is 5.54 Å². The highest BCUT2D eigenvalue weighted by Crippen LogP contribution is 2.28. The Bertz CT molecular complexity index is 117. The molecule has 0 aromatic rings. The molecule has 0 radical (unpaired) electrons. The molecule has 0 unspecified atom stereocenters. The molecule has 3 N–H and O–H groups in total. The van der Waals surface area contributed by atoms with Crippen LogP contribution in [0.5, 0.6) is 0 Å². The summed E-state index contributed by atoms with van der Waals surface area (Å²) in [4.78, 5) is 0. The third-order valence-corrected chi connectivity index (χ3v) is 2.89. The van der Waals surface area contributed by atoms with Gasteiger partial charge in [-0.25, -0.2) is 0 Å². The van der Waals surface area contributed by atoms with Crippen molar-refractivity contribution >= 4 is 0 Å². The van der Waals surface area contributed by atoms with Gasteiger partial charge in [0.25, 0.3) is 0 Å². The lowest BCUT2D eigenvalue weighted by atomic mass is 10.0. The average molecular weight is 170 g/mol. The van der Waals surface area contributed by atoms with Gasteiger partial charge in [0.1, 0.15) is 0 Å². The van der Waals surface area contributed by atoms with Crippen LogP contribution in [-0.4, -0.2) is 18.6 Å². The van der Waals surface area contributed by atoms with E-state index in [1.165, 1.54) is 32.1 Å². The second-order valence-corrected chi connectivity index (χ2v) is 4.19. The molecule has 0 atom stereocenters. The summed E-state index contributed by atoms with van der Waals surface area (Å²) in [6.45, 7) is 4.33. The first-order chi connectivity index (χ1) is 5.77. The van der Waals surface area contributed by atoms with Crippen LogP contribution in [0.15, 0.2) is 0 Å². The number of unbranched alkanes of at least 4 members (excludes halogenated alkanes) is 1. The summed E-state index contributed by atoms with van der Waals surface area (Å²) in [5.74, 6) is 0. The molecule has 0 heterocycles. The number of rotatable bonds is 5. The molecule has 0 spiro atoms. The second-order valence-electron chi connectivity index (χ2n) is 4.19. The molecule has 1 rings (SSSR count). The minimum Gasteiger partial charge on any atom is -0.330 e. The van der Waals surface area contributed by atoms with E-state index in [2.05, 4.69) is 12.2 Å². The Hall–Kier alpha value is -0.0800. The van der Waals surface area contributed by atoms with E-state index < -0.39 is 0 Å². The molecule has 1 saturated carbocycles. The van der Waals surface area contributed by atoms with Gasteiger partial charge in [0.2, 0.25) is 0 Å². The molecular formula is C10H22N2. The zero-order valence-electron chi connectivity index (χ0n) is 8.23. The first-order valence-electron chi connectivity index (χ1n) is 5.22. The van der Waals surface area contributed by atoms with Gasteiger partial charge in [-0.3, -0.25) is 0 Å². The van der Waals surface area contributed by atoms with Crippen LogP contribution in [0.25, 0.3) is 0 Å². The summed E-state index contributed by atoms with van der Waals surface area (Å²) < 4.78 is 0. The zero-order chi connectivity index (χ0) is 8.86.